The van der Waals surface area contributed by atoms with E-state index in [1.807, 2.05) is 6.92 Å². The Balaban J connectivity index is 2.39. The van der Waals surface area contributed by atoms with E-state index in [-0.39, 0.29) is 6.04 Å². The van der Waals surface area contributed by atoms with Crippen molar-refractivity contribution in [1.82, 2.24) is 5.32 Å². The summed E-state index contributed by atoms with van der Waals surface area (Å²) in [6.45, 7) is 4.56. The number of hydrogen-bond acceptors (Lipinski definition) is 1. The van der Waals surface area contributed by atoms with E-state index in [2.05, 4.69) is 5.32 Å². The van der Waals surface area contributed by atoms with Gasteiger partial charge in [0, 0.05) is 6.04 Å². The predicted molar refractivity (Wildman–Crippen MR) is 54.7 cm³/mol. The zero-order valence-corrected chi connectivity index (χ0v) is 9.27. The number of amides is 1. The highest BCUT2D eigenvalue weighted by molar-refractivity contribution is 5.84. The molecule has 0 bridgehead atoms. The van der Waals surface area contributed by atoms with Gasteiger partial charge in [-0.2, -0.15) is 0 Å². The maximum absolute atomic E-state index is 13.2. The highest BCUT2D eigenvalue weighted by Gasteiger charge is 2.30. The molecule has 1 atom stereocenters. The van der Waals surface area contributed by atoms with Gasteiger partial charge in [-0.25, -0.2) is 4.39 Å². The smallest absolute Gasteiger partial charge is 0.257 e. The summed E-state index contributed by atoms with van der Waals surface area (Å²) in [5, 5.41) is 2.75. The van der Waals surface area contributed by atoms with Gasteiger partial charge in [0.15, 0.2) is 5.67 Å². The second-order valence-corrected chi connectivity index (χ2v) is 4.78. The lowest BCUT2D eigenvalue weighted by atomic mass is 9.99. The molecule has 0 aromatic heterocycles. The highest BCUT2D eigenvalue weighted by atomic mass is 19.1. The lowest BCUT2D eigenvalue weighted by molar-refractivity contribution is -0.131. The molecule has 82 valence electrons. The average molecular weight is 201 g/mol. The van der Waals surface area contributed by atoms with Gasteiger partial charge in [-0.1, -0.05) is 12.8 Å². The van der Waals surface area contributed by atoms with Crippen LogP contribution in [0, 0.1) is 5.92 Å². The van der Waals surface area contributed by atoms with Crippen molar-refractivity contribution in [2.45, 2.75) is 58.2 Å². The molecule has 0 radical (unpaired) electrons. The van der Waals surface area contributed by atoms with Gasteiger partial charge in [-0.05, 0) is 39.5 Å². The van der Waals surface area contributed by atoms with E-state index in [1.165, 1.54) is 26.7 Å². The second kappa shape index (κ2) is 4.28. The molecule has 14 heavy (non-hydrogen) atoms. The van der Waals surface area contributed by atoms with Crippen molar-refractivity contribution in [1.29, 1.82) is 0 Å². The van der Waals surface area contributed by atoms with E-state index in [9.17, 15) is 9.18 Å². The van der Waals surface area contributed by atoms with Crippen LogP contribution in [0.4, 0.5) is 4.39 Å². The van der Waals surface area contributed by atoms with Crippen molar-refractivity contribution >= 4 is 5.91 Å². The first-order valence-corrected chi connectivity index (χ1v) is 5.41. The van der Waals surface area contributed by atoms with Gasteiger partial charge in [0.05, 0.1) is 0 Å². The zero-order valence-electron chi connectivity index (χ0n) is 9.27. The van der Waals surface area contributed by atoms with Crippen LogP contribution in [0.15, 0.2) is 0 Å². The first-order chi connectivity index (χ1) is 6.41. The van der Waals surface area contributed by atoms with Crippen LogP contribution < -0.4 is 5.32 Å². The normalized spacial score (nSPS) is 20.9. The van der Waals surface area contributed by atoms with Crippen molar-refractivity contribution in [3.8, 4) is 0 Å². The molecular weight excluding hydrogens is 181 g/mol. The maximum Gasteiger partial charge on any atom is 0.257 e. The molecule has 1 saturated carbocycles. The predicted octanol–water partition coefficient (Wildman–Crippen LogP) is 2.43. The van der Waals surface area contributed by atoms with Crippen LogP contribution in [0.1, 0.15) is 46.5 Å². The molecule has 0 aromatic carbocycles. The van der Waals surface area contributed by atoms with E-state index in [4.69, 9.17) is 0 Å². The van der Waals surface area contributed by atoms with Gasteiger partial charge < -0.3 is 5.32 Å². The van der Waals surface area contributed by atoms with Gasteiger partial charge in [-0.3, -0.25) is 4.79 Å². The fourth-order valence-electron chi connectivity index (χ4n) is 1.95. The number of halogens is 1. The molecule has 0 aromatic rings. The first-order valence-electron chi connectivity index (χ1n) is 5.41. The molecule has 2 nitrogen and oxygen atoms in total. The standard InChI is InChI=1S/C11H20FNO/c1-8(9-6-4-5-7-9)13-10(14)11(2,3)12/h8-9H,4-7H2,1-3H3,(H,13,14)/t8-/m0/s1. The lowest BCUT2D eigenvalue weighted by Gasteiger charge is -2.23. The Morgan fingerprint density at radius 1 is 1.43 bits per heavy atom. The van der Waals surface area contributed by atoms with Gasteiger partial charge in [-0.15, -0.1) is 0 Å². The maximum atomic E-state index is 13.2. The number of carbonyl (C=O) groups excluding carboxylic acids is 1. The van der Waals surface area contributed by atoms with Crippen LogP contribution in [-0.2, 0) is 4.79 Å². The molecule has 3 heteroatoms. The van der Waals surface area contributed by atoms with Crippen molar-refractivity contribution in [2.24, 2.45) is 5.92 Å². The zero-order chi connectivity index (χ0) is 10.8. The summed E-state index contributed by atoms with van der Waals surface area (Å²) in [5.74, 6) is 0.0539. The van der Waals surface area contributed by atoms with Gasteiger partial charge in [0.25, 0.3) is 5.91 Å². The summed E-state index contributed by atoms with van der Waals surface area (Å²) in [6.07, 6.45) is 4.80. The molecule has 0 heterocycles. The quantitative estimate of drug-likeness (QED) is 0.746. The highest BCUT2D eigenvalue weighted by Crippen LogP contribution is 2.27. The largest absolute Gasteiger partial charge is 0.351 e. The minimum absolute atomic E-state index is 0.111. The third-order valence-electron chi connectivity index (χ3n) is 3.01. The SMILES string of the molecule is C[C@H](NC(=O)C(C)(C)F)C1CCCC1. The third-order valence-corrected chi connectivity index (χ3v) is 3.01. The topological polar surface area (TPSA) is 29.1 Å². The van der Waals surface area contributed by atoms with Crippen molar-refractivity contribution in [3.63, 3.8) is 0 Å². The summed E-state index contributed by atoms with van der Waals surface area (Å²) in [5.41, 5.74) is -1.76. The Labute approximate surface area is 85.3 Å². The molecule has 1 N–H and O–H groups in total. The molecule has 1 amide bonds. The molecule has 1 rings (SSSR count). The third kappa shape index (κ3) is 2.96. The molecule has 0 saturated heterocycles. The van der Waals surface area contributed by atoms with Crippen molar-refractivity contribution in [3.05, 3.63) is 0 Å². The van der Waals surface area contributed by atoms with E-state index in [0.29, 0.717) is 5.92 Å². The molecule has 0 aliphatic heterocycles. The number of rotatable bonds is 3. The minimum Gasteiger partial charge on any atom is -0.351 e. The average Bonchev–Trinajstić information content (AvgIpc) is 2.53. The number of alkyl halides is 1. The monoisotopic (exact) mass is 201 g/mol. The molecule has 1 aliphatic rings. The minimum atomic E-state index is -1.76. The van der Waals surface area contributed by atoms with Crippen LogP contribution in [0.3, 0.4) is 0 Å². The molecule has 1 aliphatic carbocycles. The first kappa shape index (κ1) is 11.5. The van der Waals surface area contributed by atoms with Crippen LogP contribution in [0.5, 0.6) is 0 Å². The van der Waals surface area contributed by atoms with Crippen molar-refractivity contribution in [2.75, 3.05) is 0 Å². The Kier molecular flexibility index (Phi) is 3.51. The molecule has 0 spiro atoms. The summed E-state index contributed by atoms with van der Waals surface area (Å²) in [4.78, 5) is 11.3. The summed E-state index contributed by atoms with van der Waals surface area (Å²) in [6, 6.07) is 0.111. The van der Waals surface area contributed by atoms with Crippen LogP contribution in [-0.4, -0.2) is 17.6 Å². The van der Waals surface area contributed by atoms with Crippen LogP contribution in [0.25, 0.3) is 0 Å². The van der Waals surface area contributed by atoms with E-state index >= 15 is 0 Å². The summed E-state index contributed by atoms with van der Waals surface area (Å²) >= 11 is 0. The molecular formula is C11H20FNO. The van der Waals surface area contributed by atoms with Gasteiger partial charge in [0.1, 0.15) is 0 Å². The lowest BCUT2D eigenvalue weighted by Crippen LogP contribution is -2.45. The Morgan fingerprint density at radius 3 is 2.36 bits per heavy atom. The van der Waals surface area contributed by atoms with E-state index in [1.54, 1.807) is 0 Å². The Morgan fingerprint density at radius 2 is 1.93 bits per heavy atom. The number of carbonyl (C=O) groups is 1. The Hall–Kier alpha value is -0.600. The van der Waals surface area contributed by atoms with Gasteiger partial charge >= 0.3 is 0 Å². The van der Waals surface area contributed by atoms with Crippen LogP contribution >= 0.6 is 0 Å². The van der Waals surface area contributed by atoms with Crippen molar-refractivity contribution < 1.29 is 9.18 Å². The molecule has 1 fully saturated rings. The summed E-state index contributed by atoms with van der Waals surface area (Å²) < 4.78 is 13.2. The van der Waals surface area contributed by atoms with E-state index < -0.39 is 11.6 Å². The van der Waals surface area contributed by atoms with Crippen LogP contribution in [0.2, 0.25) is 0 Å². The van der Waals surface area contributed by atoms with E-state index in [0.717, 1.165) is 12.8 Å². The molecule has 0 unspecified atom stereocenters. The summed E-state index contributed by atoms with van der Waals surface area (Å²) in [7, 11) is 0. The number of hydrogen-bond donors (Lipinski definition) is 1. The fraction of sp³-hybridized carbons (Fsp3) is 0.909. The second-order valence-electron chi connectivity index (χ2n) is 4.78. The fourth-order valence-corrected chi connectivity index (χ4v) is 1.95. The Bertz CT molecular complexity index is 204. The van der Waals surface area contributed by atoms with Gasteiger partial charge in [0.2, 0.25) is 0 Å². The number of nitrogens with one attached hydrogen (secondary N) is 1.